The Balaban J connectivity index is 2.13. The molecule has 0 aliphatic carbocycles. The van der Waals surface area contributed by atoms with Crippen molar-refractivity contribution in [3.8, 4) is 0 Å². The summed E-state index contributed by atoms with van der Waals surface area (Å²) in [6.45, 7) is 5.35. The number of amides is 1. The Bertz CT molecular complexity index is 564. The molecule has 1 aromatic carbocycles. The van der Waals surface area contributed by atoms with Crippen LogP contribution in [-0.4, -0.2) is 22.2 Å². The summed E-state index contributed by atoms with van der Waals surface area (Å²) in [6, 6.07) is 5.04. The van der Waals surface area contributed by atoms with Gasteiger partial charge < -0.3 is 10.1 Å². The highest BCUT2D eigenvalue weighted by atomic mass is 32.2. The van der Waals surface area contributed by atoms with Crippen molar-refractivity contribution >= 4 is 34.8 Å². The first-order valence-electron chi connectivity index (χ1n) is 5.70. The number of ether oxygens (including phenoxy) is 1. The summed E-state index contributed by atoms with van der Waals surface area (Å²) in [4.78, 5) is 12.1. The summed E-state index contributed by atoms with van der Waals surface area (Å²) in [5.74, 6) is 0. The van der Waals surface area contributed by atoms with Crippen LogP contribution in [0.25, 0.3) is 0 Å². The van der Waals surface area contributed by atoms with E-state index in [2.05, 4.69) is 15.0 Å². The Hall–Kier alpha value is -1.89. The van der Waals surface area contributed by atoms with Gasteiger partial charge in [-0.05, 0) is 39.0 Å². The second-order valence-electron chi connectivity index (χ2n) is 4.97. The molecule has 19 heavy (non-hydrogen) atoms. The maximum Gasteiger partial charge on any atom is 0.412 e. The molecule has 1 heterocycles. The van der Waals surface area contributed by atoms with Gasteiger partial charge in [-0.1, -0.05) is 0 Å². The molecule has 1 aliphatic heterocycles. The molecule has 1 aliphatic rings. The lowest BCUT2D eigenvalue weighted by atomic mass is 10.2. The molecular weight excluding hydrogens is 266 g/mol. The SMILES string of the molecule is CC(C)(C)OC(=O)Nc1ccc2c(c1)S(=O)N=CN2. The van der Waals surface area contributed by atoms with E-state index in [1.807, 2.05) is 0 Å². The van der Waals surface area contributed by atoms with E-state index in [0.717, 1.165) is 0 Å². The zero-order valence-corrected chi connectivity index (χ0v) is 11.7. The number of nitrogens with one attached hydrogen (secondary N) is 2. The highest BCUT2D eigenvalue weighted by molar-refractivity contribution is 7.84. The van der Waals surface area contributed by atoms with E-state index in [0.29, 0.717) is 16.3 Å². The van der Waals surface area contributed by atoms with Gasteiger partial charge in [-0.15, -0.1) is 0 Å². The Morgan fingerprint density at radius 1 is 1.42 bits per heavy atom. The predicted octanol–water partition coefficient (Wildman–Crippen LogP) is 2.51. The average Bonchev–Trinajstić information content (AvgIpc) is 2.27. The fourth-order valence-electron chi connectivity index (χ4n) is 1.49. The van der Waals surface area contributed by atoms with Gasteiger partial charge in [0.2, 0.25) is 0 Å². The summed E-state index contributed by atoms with van der Waals surface area (Å²) in [5.41, 5.74) is 0.663. The van der Waals surface area contributed by atoms with Gasteiger partial charge in [0.1, 0.15) is 11.9 Å². The minimum Gasteiger partial charge on any atom is -0.444 e. The number of fused-ring (bicyclic) bond motifs is 1. The fraction of sp³-hybridized carbons (Fsp3) is 0.333. The number of carbonyl (C=O) groups excluding carboxylic acids is 1. The molecule has 0 bridgehead atoms. The number of carbonyl (C=O) groups is 1. The van der Waals surface area contributed by atoms with Crippen molar-refractivity contribution in [2.45, 2.75) is 31.3 Å². The molecule has 1 unspecified atom stereocenters. The zero-order valence-electron chi connectivity index (χ0n) is 10.9. The first kappa shape index (κ1) is 13.5. The zero-order chi connectivity index (χ0) is 14.0. The van der Waals surface area contributed by atoms with E-state index in [1.54, 1.807) is 39.0 Å². The number of anilines is 2. The first-order chi connectivity index (χ1) is 8.85. The smallest absolute Gasteiger partial charge is 0.412 e. The molecular formula is C12H15N3O3S. The first-order valence-corrected chi connectivity index (χ1v) is 6.81. The largest absolute Gasteiger partial charge is 0.444 e. The van der Waals surface area contributed by atoms with Crippen LogP contribution in [0.3, 0.4) is 0 Å². The highest BCUT2D eigenvalue weighted by Crippen LogP contribution is 2.26. The molecule has 2 rings (SSSR count). The summed E-state index contributed by atoms with van der Waals surface area (Å²) in [5, 5.41) is 5.48. The van der Waals surface area contributed by atoms with Crippen molar-refractivity contribution in [2.75, 3.05) is 10.6 Å². The van der Waals surface area contributed by atoms with Gasteiger partial charge in [0.15, 0.2) is 11.0 Å². The van der Waals surface area contributed by atoms with Crippen molar-refractivity contribution in [1.29, 1.82) is 0 Å². The lowest BCUT2D eigenvalue weighted by Crippen LogP contribution is -2.27. The van der Waals surface area contributed by atoms with Crippen LogP contribution in [0.2, 0.25) is 0 Å². The lowest BCUT2D eigenvalue weighted by Gasteiger charge is -2.20. The van der Waals surface area contributed by atoms with Crippen LogP contribution in [-0.2, 0) is 15.7 Å². The van der Waals surface area contributed by atoms with Crippen LogP contribution >= 0.6 is 0 Å². The van der Waals surface area contributed by atoms with Crippen molar-refractivity contribution < 1.29 is 13.7 Å². The fourth-order valence-corrected chi connectivity index (χ4v) is 2.29. The van der Waals surface area contributed by atoms with E-state index in [9.17, 15) is 9.00 Å². The number of hydrogen-bond acceptors (Lipinski definition) is 4. The molecule has 0 saturated heterocycles. The number of hydrogen-bond donors (Lipinski definition) is 2. The van der Waals surface area contributed by atoms with Gasteiger partial charge in [-0.2, -0.15) is 4.40 Å². The van der Waals surface area contributed by atoms with Gasteiger partial charge in [-0.25, -0.2) is 9.00 Å². The number of nitrogens with zero attached hydrogens (tertiary/aromatic N) is 1. The number of benzene rings is 1. The molecule has 7 heteroatoms. The summed E-state index contributed by atoms with van der Waals surface area (Å²) in [7, 11) is -1.44. The van der Waals surface area contributed by atoms with Crippen molar-refractivity contribution in [2.24, 2.45) is 4.40 Å². The van der Waals surface area contributed by atoms with E-state index < -0.39 is 22.7 Å². The van der Waals surface area contributed by atoms with Crippen LogP contribution in [0.1, 0.15) is 20.8 Å². The van der Waals surface area contributed by atoms with Gasteiger partial charge >= 0.3 is 6.09 Å². The minimum absolute atomic E-state index is 0.514. The molecule has 0 fully saturated rings. The normalized spacial score (nSPS) is 17.3. The maximum atomic E-state index is 11.7. The van der Waals surface area contributed by atoms with E-state index in [1.165, 1.54) is 6.34 Å². The van der Waals surface area contributed by atoms with Crippen LogP contribution < -0.4 is 10.6 Å². The van der Waals surface area contributed by atoms with Gasteiger partial charge in [0.05, 0.1) is 10.6 Å². The third-order valence-corrected chi connectivity index (χ3v) is 3.19. The quantitative estimate of drug-likeness (QED) is 0.829. The summed E-state index contributed by atoms with van der Waals surface area (Å²) < 4.78 is 20.6. The Kier molecular flexibility index (Phi) is 3.57. The molecule has 0 radical (unpaired) electrons. The van der Waals surface area contributed by atoms with Crippen molar-refractivity contribution in [3.05, 3.63) is 18.2 Å². The molecule has 6 nitrogen and oxygen atoms in total. The predicted molar refractivity (Wildman–Crippen MR) is 74.8 cm³/mol. The lowest BCUT2D eigenvalue weighted by molar-refractivity contribution is 0.0636. The standard InChI is InChI=1S/C12H15N3O3S/c1-12(2,3)18-11(16)15-8-4-5-9-10(6-8)19(17)14-7-13-9/h4-7H,1-3H3,(H,13,14)(H,15,16). The molecule has 0 aromatic heterocycles. The van der Waals surface area contributed by atoms with Crippen molar-refractivity contribution in [1.82, 2.24) is 0 Å². The Morgan fingerprint density at radius 3 is 2.84 bits per heavy atom. The van der Waals surface area contributed by atoms with Crippen molar-refractivity contribution in [3.63, 3.8) is 0 Å². The molecule has 102 valence electrons. The third-order valence-electron chi connectivity index (χ3n) is 2.18. The highest BCUT2D eigenvalue weighted by Gasteiger charge is 2.18. The minimum atomic E-state index is -1.44. The third kappa shape index (κ3) is 3.54. The number of rotatable bonds is 1. The van der Waals surface area contributed by atoms with Gasteiger partial charge in [0.25, 0.3) is 0 Å². The topological polar surface area (TPSA) is 79.8 Å². The van der Waals surface area contributed by atoms with E-state index >= 15 is 0 Å². The van der Waals surface area contributed by atoms with Gasteiger partial charge in [-0.3, -0.25) is 5.32 Å². The Labute approximate surface area is 113 Å². The maximum absolute atomic E-state index is 11.7. The molecule has 2 N–H and O–H groups in total. The molecule has 1 atom stereocenters. The molecule has 1 aromatic rings. The average molecular weight is 281 g/mol. The summed E-state index contributed by atoms with van der Waals surface area (Å²) >= 11 is 0. The second-order valence-corrected chi connectivity index (χ2v) is 6.11. The van der Waals surface area contributed by atoms with Gasteiger partial charge in [0, 0.05) is 5.69 Å². The monoisotopic (exact) mass is 281 g/mol. The van der Waals surface area contributed by atoms with E-state index in [4.69, 9.17) is 4.74 Å². The van der Waals surface area contributed by atoms with Crippen LogP contribution in [0.5, 0.6) is 0 Å². The Morgan fingerprint density at radius 2 is 2.16 bits per heavy atom. The molecule has 0 saturated carbocycles. The summed E-state index contributed by atoms with van der Waals surface area (Å²) in [6.07, 6.45) is 0.838. The van der Waals surface area contributed by atoms with Crippen LogP contribution in [0.4, 0.5) is 16.2 Å². The van der Waals surface area contributed by atoms with E-state index in [-0.39, 0.29) is 0 Å². The van der Waals surface area contributed by atoms with Crippen LogP contribution in [0, 0.1) is 0 Å². The second kappa shape index (κ2) is 5.00. The van der Waals surface area contributed by atoms with Crippen LogP contribution in [0.15, 0.2) is 27.5 Å². The molecule has 0 spiro atoms. The molecule has 1 amide bonds.